The van der Waals surface area contributed by atoms with Gasteiger partial charge in [-0.05, 0) is 82.0 Å². The van der Waals surface area contributed by atoms with Crippen LogP contribution in [0.4, 0.5) is 35.3 Å². The van der Waals surface area contributed by atoms with Crippen molar-refractivity contribution >= 4 is 41.0 Å². The largest absolute Gasteiger partial charge is 0.446 e. The highest BCUT2D eigenvalue weighted by molar-refractivity contribution is 8.00. The molecule has 3 N–H and O–H groups in total. The third-order valence-electron chi connectivity index (χ3n) is 5.76. The fourth-order valence-corrected chi connectivity index (χ4v) is 4.22. The van der Waals surface area contributed by atoms with Crippen molar-refractivity contribution in [3.05, 3.63) is 89.5 Å². The van der Waals surface area contributed by atoms with Gasteiger partial charge in [-0.15, -0.1) is 5.10 Å². The molecule has 0 radical (unpaired) electrons. The second-order valence-electron chi connectivity index (χ2n) is 9.77. The number of hydrogen-bond donors (Lipinski definition) is 3. The van der Waals surface area contributed by atoms with Crippen molar-refractivity contribution in [1.82, 2.24) is 20.6 Å². The monoisotopic (exact) mass is 569 g/mol. The minimum Gasteiger partial charge on any atom is -0.308 e. The molecular weight excluding hydrogens is 543 g/mol. The van der Waals surface area contributed by atoms with Crippen LogP contribution in [0.15, 0.2) is 77.7 Å². The lowest BCUT2D eigenvalue weighted by Gasteiger charge is -2.25. The number of halogens is 3. The number of nitrogens with zero attached hydrogens (tertiary/aromatic N) is 4. The van der Waals surface area contributed by atoms with E-state index in [1.54, 1.807) is 24.3 Å². The first-order valence-corrected chi connectivity index (χ1v) is 12.9. The quantitative estimate of drug-likeness (QED) is 0.216. The normalized spacial score (nSPS) is 11.7. The summed E-state index contributed by atoms with van der Waals surface area (Å²) in [7, 11) is 0. The Morgan fingerprint density at radius 2 is 1.55 bits per heavy atom. The third-order valence-corrected chi connectivity index (χ3v) is 6.50. The molecule has 13 heteroatoms. The molecule has 4 rings (SSSR count). The van der Waals surface area contributed by atoms with E-state index in [-0.39, 0.29) is 34.6 Å². The lowest BCUT2D eigenvalue weighted by Crippen LogP contribution is -2.34. The number of hydrogen-bond acceptors (Lipinski definition) is 6. The van der Waals surface area contributed by atoms with E-state index in [1.165, 1.54) is 29.2 Å². The molecule has 0 bridgehead atoms. The Balaban J connectivity index is 1.53. The van der Waals surface area contributed by atoms with Crippen LogP contribution in [0.3, 0.4) is 0 Å². The first-order valence-electron chi connectivity index (χ1n) is 12.1. The maximum absolute atomic E-state index is 13.4. The van der Waals surface area contributed by atoms with Crippen LogP contribution in [0.5, 0.6) is 0 Å². The molecule has 40 heavy (non-hydrogen) atoms. The number of H-pyrrole nitrogens is 1. The molecule has 0 atom stereocenters. The van der Waals surface area contributed by atoms with Gasteiger partial charge >= 0.3 is 11.5 Å². The number of benzene rings is 3. The molecular formula is C27H26F3N7O2S. The van der Waals surface area contributed by atoms with Gasteiger partial charge in [0.1, 0.15) is 0 Å². The molecule has 3 aromatic carbocycles. The number of alkyl halides is 3. The standard InChI is InChI=1S/C27H26F3N7O2S/c1-26(2,3)19-8-12-21(13-9-19)37(25(39)31-20-10-14-22(15-11-20)40-27(28,29)30)16-17-4-6-18(7-5-17)23(38)32-24-33-35-36-34-24/h4-15H,16H2,1-3H3,(H,31,39)(H2,32,33,34,35,36,38). The smallest absolute Gasteiger partial charge is 0.308 e. The molecule has 0 aliphatic rings. The fraction of sp³-hybridized carbons (Fsp3) is 0.222. The SMILES string of the molecule is CC(C)(C)c1ccc(N(Cc2ccc(C(=O)Nc3nn[nH]n3)cc2)C(=O)Nc2ccc(SC(F)(F)F)cc2)cc1. The highest BCUT2D eigenvalue weighted by atomic mass is 32.2. The summed E-state index contributed by atoms with van der Waals surface area (Å²) in [5, 5.41) is 18.3. The Hall–Kier alpha value is -4.39. The highest BCUT2D eigenvalue weighted by Gasteiger charge is 2.29. The molecule has 4 aromatic rings. The lowest BCUT2D eigenvalue weighted by molar-refractivity contribution is -0.0328. The summed E-state index contributed by atoms with van der Waals surface area (Å²) in [6.45, 7) is 6.42. The Morgan fingerprint density at radius 3 is 2.10 bits per heavy atom. The summed E-state index contributed by atoms with van der Waals surface area (Å²) < 4.78 is 38.0. The topological polar surface area (TPSA) is 116 Å². The van der Waals surface area contributed by atoms with E-state index >= 15 is 0 Å². The lowest BCUT2D eigenvalue weighted by atomic mass is 9.87. The first kappa shape index (κ1) is 28.6. The molecule has 9 nitrogen and oxygen atoms in total. The van der Waals surface area contributed by atoms with Crippen molar-refractivity contribution in [1.29, 1.82) is 0 Å². The van der Waals surface area contributed by atoms with E-state index in [4.69, 9.17) is 0 Å². The van der Waals surface area contributed by atoms with Crippen LogP contribution in [0, 0.1) is 0 Å². The van der Waals surface area contributed by atoms with E-state index in [0.717, 1.165) is 11.1 Å². The van der Waals surface area contributed by atoms with E-state index < -0.39 is 17.4 Å². The van der Waals surface area contributed by atoms with Crippen LogP contribution in [-0.2, 0) is 12.0 Å². The summed E-state index contributed by atoms with van der Waals surface area (Å²) in [6, 6.07) is 19.2. The Bertz CT molecular complexity index is 1440. The van der Waals surface area contributed by atoms with E-state index in [0.29, 0.717) is 16.9 Å². The number of rotatable bonds is 7. The number of carbonyl (C=O) groups is 2. The maximum atomic E-state index is 13.4. The minimum absolute atomic E-state index is 0.0172. The van der Waals surface area contributed by atoms with Crippen molar-refractivity contribution in [3.63, 3.8) is 0 Å². The molecule has 0 unspecified atom stereocenters. The van der Waals surface area contributed by atoms with Gasteiger partial charge in [0.15, 0.2) is 0 Å². The van der Waals surface area contributed by atoms with Crippen LogP contribution >= 0.6 is 11.8 Å². The van der Waals surface area contributed by atoms with Gasteiger partial charge in [0.2, 0.25) is 0 Å². The van der Waals surface area contributed by atoms with Crippen LogP contribution in [0.2, 0.25) is 0 Å². The zero-order valence-corrected chi connectivity index (χ0v) is 22.6. The predicted molar refractivity (Wildman–Crippen MR) is 147 cm³/mol. The number of nitrogens with one attached hydrogen (secondary N) is 3. The molecule has 0 fully saturated rings. The third kappa shape index (κ3) is 7.82. The predicted octanol–water partition coefficient (Wildman–Crippen LogP) is 6.60. The van der Waals surface area contributed by atoms with Gasteiger partial charge in [-0.3, -0.25) is 15.0 Å². The van der Waals surface area contributed by atoms with Gasteiger partial charge < -0.3 is 5.32 Å². The molecule has 0 spiro atoms. The summed E-state index contributed by atoms with van der Waals surface area (Å²) in [5.41, 5.74) is -1.33. The average Bonchev–Trinajstić information content (AvgIpc) is 3.40. The van der Waals surface area contributed by atoms with Gasteiger partial charge in [-0.2, -0.15) is 18.4 Å². The van der Waals surface area contributed by atoms with E-state index in [1.807, 2.05) is 24.3 Å². The first-order chi connectivity index (χ1) is 18.9. The number of thioether (sulfide) groups is 1. The summed E-state index contributed by atoms with van der Waals surface area (Å²) in [4.78, 5) is 27.4. The van der Waals surface area contributed by atoms with Crippen molar-refractivity contribution in [2.45, 2.75) is 43.1 Å². The summed E-state index contributed by atoms with van der Waals surface area (Å²) in [6.07, 6.45) is 0. The minimum atomic E-state index is -4.40. The molecule has 1 heterocycles. The zero-order chi connectivity index (χ0) is 28.9. The highest BCUT2D eigenvalue weighted by Crippen LogP contribution is 2.37. The van der Waals surface area contributed by atoms with E-state index in [9.17, 15) is 22.8 Å². The van der Waals surface area contributed by atoms with Gasteiger partial charge in [-0.1, -0.05) is 50.1 Å². The van der Waals surface area contributed by atoms with Crippen molar-refractivity contribution in [3.8, 4) is 0 Å². The number of anilines is 3. The van der Waals surface area contributed by atoms with Crippen LogP contribution in [0.1, 0.15) is 42.3 Å². The van der Waals surface area contributed by atoms with Gasteiger partial charge in [0.05, 0.1) is 6.54 Å². The molecule has 3 amide bonds. The molecule has 0 aliphatic heterocycles. The second kappa shape index (κ2) is 11.8. The van der Waals surface area contributed by atoms with Crippen LogP contribution in [-0.4, -0.2) is 38.1 Å². The number of urea groups is 1. The fourth-order valence-electron chi connectivity index (χ4n) is 3.69. The number of carbonyl (C=O) groups excluding carboxylic acids is 2. The van der Waals surface area contributed by atoms with Crippen LogP contribution < -0.4 is 15.5 Å². The Morgan fingerprint density at radius 1 is 0.900 bits per heavy atom. The maximum Gasteiger partial charge on any atom is 0.446 e. The van der Waals surface area contributed by atoms with Gasteiger partial charge in [-0.25, -0.2) is 4.79 Å². The molecule has 0 saturated heterocycles. The van der Waals surface area contributed by atoms with Gasteiger partial charge in [0, 0.05) is 21.8 Å². The zero-order valence-electron chi connectivity index (χ0n) is 21.8. The Kier molecular flexibility index (Phi) is 8.43. The van der Waals surface area contributed by atoms with E-state index in [2.05, 4.69) is 52.0 Å². The average molecular weight is 570 g/mol. The molecule has 0 saturated carbocycles. The van der Waals surface area contributed by atoms with Crippen molar-refractivity contribution in [2.75, 3.05) is 15.5 Å². The number of amides is 3. The Labute approximate surface area is 232 Å². The molecule has 208 valence electrons. The van der Waals surface area contributed by atoms with Crippen molar-refractivity contribution in [2.24, 2.45) is 0 Å². The summed E-state index contributed by atoms with van der Waals surface area (Å²) in [5.74, 6) is -0.381. The number of aromatic nitrogens is 4. The van der Waals surface area contributed by atoms with Crippen LogP contribution in [0.25, 0.3) is 0 Å². The number of aromatic amines is 1. The molecule has 1 aromatic heterocycles. The number of tetrazole rings is 1. The second-order valence-corrected chi connectivity index (χ2v) is 10.9. The summed E-state index contributed by atoms with van der Waals surface area (Å²) >= 11 is -0.223. The van der Waals surface area contributed by atoms with Crippen molar-refractivity contribution < 1.29 is 22.8 Å². The molecule has 0 aliphatic carbocycles. The van der Waals surface area contributed by atoms with Gasteiger partial charge in [0.25, 0.3) is 11.9 Å².